The molecule has 0 bridgehead atoms. The number of carbonyl (C=O) groups excluding carboxylic acids is 1. The quantitative estimate of drug-likeness (QED) is 0.873. The van der Waals surface area contributed by atoms with Crippen LogP contribution >= 0.6 is 0 Å². The average molecular weight is 250 g/mol. The van der Waals surface area contributed by atoms with Gasteiger partial charge in [0.25, 0.3) is 5.91 Å². The molecular formula is C14H19FN2O. The topological polar surface area (TPSA) is 46.3 Å². The molecule has 2 rings (SSSR count). The molecule has 1 fully saturated rings. The van der Waals surface area contributed by atoms with Crippen LogP contribution in [0, 0.1) is 11.7 Å². The Bertz CT molecular complexity index is 418. The summed E-state index contributed by atoms with van der Waals surface area (Å²) in [6, 6.07) is 5.95. The molecule has 1 amide bonds. The van der Waals surface area contributed by atoms with E-state index in [4.69, 9.17) is 5.73 Å². The van der Waals surface area contributed by atoms with Crippen molar-refractivity contribution in [1.82, 2.24) is 4.90 Å². The Morgan fingerprint density at radius 2 is 2.06 bits per heavy atom. The monoisotopic (exact) mass is 250 g/mol. The maximum atomic E-state index is 12.8. The first kappa shape index (κ1) is 13.0. The van der Waals surface area contributed by atoms with Gasteiger partial charge in [-0.15, -0.1) is 0 Å². The Hall–Kier alpha value is -1.42. The summed E-state index contributed by atoms with van der Waals surface area (Å²) in [6.45, 7) is 3.36. The van der Waals surface area contributed by atoms with Gasteiger partial charge in [0.2, 0.25) is 0 Å². The van der Waals surface area contributed by atoms with Crippen LogP contribution in [0.3, 0.4) is 0 Å². The van der Waals surface area contributed by atoms with Crippen LogP contribution < -0.4 is 5.73 Å². The number of amides is 1. The zero-order valence-corrected chi connectivity index (χ0v) is 10.6. The van der Waals surface area contributed by atoms with E-state index < -0.39 is 0 Å². The Morgan fingerprint density at radius 3 is 2.67 bits per heavy atom. The number of hydrogen-bond acceptors (Lipinski definition) is 2. The van der Waals surface area contributed by atoms with Gasteiger partial charge < -0.3 is 10.6 Å². The predicted molar refractivity (Wildman–Crippen MR) is 68.7 cm³/mol. The summed E-state index contributed by atoms with van der Waals surface area (Å²) in [7, 11) is 0. The van der Waals surface area contributed by atoms with E-state index in [9.17, 15) is 9.18 Å². The van der Waals surface area contributed by atoms with E-state index in [1.807, 2.05) is 11.8 Å². The van der Waals surface area contributed by atoms with Crippen molar-refractivity contribution < 1.29 is 9.18 Å². The highest BCUT2D eigenvalue weighted by molar-refractivity contribution is 5.94. The number of halogens is 1. The average Bonchev–Trinajstić information content (AvgIpc) is 2.39. The third kappa shape index (κ3) is 2.70. The Balaban J connectivity index is 2.13. The van der Waals surface area contributed by atoms with Crippen LogP contribution in [0.2, 0.25) is 0 Å². The van der Waals surface area contributed by atoms with Crippen LogP contribution in [0.15, 0.2) is 24.3 Å². The Labute approximate surface area is 107 Å². The van der Waals surface area contributed by atoms with E-state index in [2.05, 4.69) is 0 Å². The molecule has 4 heteroatoms. The van der Waals surface area contributed by atoms with Gasteiger partial charge in [-0.3, -0.25) is 4.79 Å². The van der Waals surface area contributed by atoms with Crippen LogP contribution in [-0.4, -0.2) is 29.9 Å². The number of piperidine rings is 1. The number of benzene rings is 1. The summed E-state index contributed by atoms with van der Waals surface area (Å²) >= 11 is 0. The van der Waals surface area contributed by atoms with Crippen molar-refractivity contribution in [3.8, 4) is 0 Å². The lowest BCUT2D eigenvalue weighted by molar-refractivity contribution is 0.0567. The number of nitrogens with zero attached hydrogens (tertiary/aromatic N) is 1. The minimum atomic E-state index is -0.321. The first-order valence-electron chi connectivity index (χ1n) is 6.38. The van der Waals surface area contributed by atoms with Crippen LogP contribution in [0.4, 0.5) is 4.39 Å². The molecule has 1 aliphatic heterocycles. The third-order valence-corrected chi connectivity index (χ3v) is 3.67. The van der Waals surface area contributed by atoms with Crippen LogP contribution in [0.25, 0.3) is 0 Å². The van der Waals surface area contributed by atoms with Crippen LogP contribution in [0.1, 0.15) is 30.1 Å². The molecule has 98 valence electrons. The number of rotatable bonds is 2. The zero-order chi connectivity index (χ0) is 13.1. The van der Waals surface area contributed by atoms with Crippen molar-refractivity contribution >= 4 is 5.91 Å². The maximum Gasteiger partial charge on any atom is 0.254 e. The standard InChI is InChI=1S/C14H19FN2O/c1-10-2-3-11(8-16)9-17(10)14(18)12-4-6-13(15)7-5-12/h4-7,10-11H,2-3,8-9,16H2,1H3. The molecule has 2 N–H and O–H groups in total. The van der Waals surface area contributed by atoms with Crippen molar-refractivity contribution in [1.29, 1.82) is 0 Å². The summed E-state index contributed by atoms with van der Waals surface area (Å²) in [5.41, 5.74) is 6.22. The van der Waals surface area contributed by atoms with Crippen molar-refractivity contribution in [2.24, 2.45) is 11.7 Å². The van der Waals surface area contributed by atoms with Crippen LogP contribution in [0.5, 0.6) is 0 Å². The fraction of sp³-hybridized carbons (Fsp3) is 0.500. The second-order valence-corrected chi connectivity index (χ2v) is 4.99. The van der Waals surface area contributed by atoms with E-state index >= 15 is 0 Å². The Morgan fingerprint density at radius 1 is 1.39 bits per heavy atom. The number of likely N-dealkylation sites (tertiary alicyclic amines) is 1. The molecule has 1 aromatic rings. The molecule has 0 saturated carbocycles. The predicted octanol–water partition coefficient (Wildman–Crippen LogP) is 2.03. The van der Waals surface area contributed by atoms with Gasteiger partial charge in [-0.1, -0.05) is 0 Å². The van der Waals surface area contributed by atoms with Gasteiger partial charge in [0.05, 0.1) is 0 Å². The molecular weight excluding hydrogens is 231 g/mol. The number of hydrogen-bond donors (Lipinski definition) is 1. The molecule has 0 radical (unpaired) electrons. The van der Waals surface area contributed by atoms with Gasteiger partial charge in [0, 0.05) is 18.2 Å². The lowest BCUT2D eigenvalue weighted by atomic mass is 9.93. The highest BCUT2D eigenvalue weighted by Crippen LogP contribution is 2.23. The zero-order valence-electron chi connectivity index (χ0n) is 10.6. The van der Waals surface area contributed by atoms with E-state index in [-0.39, 0.29) is 17.8 Å². The fourth-order valence-electron chi connectivity index (χ4n) is 2.42. The van der Waals surface area contributed by atoms with Crippen molar-refractivity contribution in [2.45, 2.75) is 25.8 Å². The fourth-order valence-corrected chi connectivity index (χ4v) is 2.42. The summed E-state index contributed by atoms with van der Waals surface area (Å²) < 4.78 is 12.8. The molecule has 2 atom stereocenters. The van der Waals surface area contributed by atoms with Crippen LogP contribution in [-0.2, 0) is 0 Å². The summed E-state index contributed by atoms with van der Waals surface area (Å²) in [6.07, 6.45) is 2.06. The van der Waals surface area contributed by atoms with Gasteiger partial charge in [-0.2, -0.15) is 0 Å². The number of nitrogens with two attached hydrogens (primary N) is 1. The number of carbonyl (C=O) groups is 1. The molecule has 2 unspecified atom stereocenters. The van der Waals surface area contributed by atoms with E-state index in [0.717, 1.165) is 12.8 Å². The summed E-state index contributed by atoms with van der Waals surface area (Å²) in [5.74, 6) is 0.0318. The first-order valence-corrected chi connectivity index (χ1v) is 6.38. The van der Waals surface area contributed by atoms with Crippen molar-refractivity contribution in [3.63, 3.8) is 0 Å². The molecule has 18 heavy (non-hydrogen) atoms. The lowest BCUT2D eigenvalue weighted by Crippen LogP contribution is -2.47. The lowest BCUT2D eigenvalue weighted by Gasteiger charge is -2.37. The van der Waals surface area contributed by atoms with E-state index in [1.165, 1.54) is 24.3 Å². The van der Waals surface area contributed by atoms with E-state index in [1.54, 1.807) is 0 Å². The van der Waals surface area contributed by atoms with Gasteiger partial charge in [-0.05, 0) is 56.5 Å². The minimum Gasteiger partial charge on any atom is -0.336 e. The second kappa shape index (κ2) is 5.48. The molecule has 1 heterocycles. The Kier molecular flexibility index (Phi) is 3.97. The van der Waals surface area contributed by atoms with Gasteiger partial charge in [0.1, 0.15) is 5.82 Å². The van der Waals surface area contributed by atoms with Crippen molar-refractivity contribution in [3.05, 3.63) is 35.6 Å². The molecule has 0 spiro atoms. The molecule has 0 aliphatic carbocycles. The smallest absolute Gasteiger partial charge is 0.254 e. The molecule has 3 nitrogen and oxygen atoms in total. The normalized spacial score (nSPS) is 24.1. The highest BCUT2D eigenvalue weighted by atomic mass is 19.1. The third-order valence-electron chi connectivity index (χ3n) is 3.67. The minimum absolute atomic E-state index is 0.0272. The SMILES string of the molecule is CC1CCC(CN)CN1C(=O)c1ccc(F)cc1. The summed E-state index contributed by atoms with van der Waals surface area (Å²) in [5, 5.41) is 0. The maximum absolute atomic E-state index is 12.8. The summed E-state index contributed by atoms with van der Waals surface area (Å²) in [4.78, 5) is 14.2. The molecule has 1 aromatic carbocycles. The van der Waals surface area contributed by atoms with Gasteiger partial charge >= 0.3 is 0 Å². The molecule has 0 aromatic heterocycles. The van der Waals surface area contributed by atoms with E-state index in [0.29, 0.717) is 24.6 Å². The molecule has 1 saturated heterocycles. The van der Waals surface area contributed by atoms with Gasteiger partial charge in [-0.25, -0.2) is 4.39 Å². The molecule has 1 aliphatic rings. The van der Waals surface area contributed by atoms with Crippen molar-refractivity contribution in [2.75, 3.05) is 13.1 Å². The van der Waals surface area contributed by atoms with Gasteiger partial charge in [0.15, 0.2) is 0 Å². The highest BCUT2D eigenvalue weighted by Gasteiger charge is 2.28. The second-order valence-electron chi connectivity index (χ2n) is 4.99. The first-order chi connectivity index (χ1) is 8.61. The largest absolute Gasteiger partial charge is 0.336 e.